The van der Waals surface area contributed by atoms with Crippen LogP contribution in [0.2, 0.25) is 0 Å². The summed E-state index contributed by atoms with van der Waals surface area (Å²) in [5.74, 6) is 0.813. The number of aryl methyl sites for hydroxylation is 1. The molecule has 0 aliphatic heterocycles. The molecule has 0 aliphatic rings. The van der Waals surface area contributed by atoms with Crippen molar-refractivity contribution < 1.29 is 14.7 Å². The van der Waals surface area contributed by atoms with E-state index in [1.807, 2.05) is 12.1 Å². The van der Waals surface area contributed by atoms with E-state index in [4.69, 9.17) is 5.11 Å². The molecular weight excluding hydrogens is 354 g/mol. The van der Waals surface area contributed by atoms with Gasteiger partial charge < -0.3 is 5.11 Å². The molecule has 0 aliphatic carbocycles. The lowest BCUT2D eigenvalue weighted by atomic mass is 10.1. The summed E-state index contributed by atoms with van der Waals surface area (Å²) in [6, 6.07) is 6.22. The minimum Gasteiger partial charge on any atom is -0.481 e. The van der Waals surface area contributed by atoms with Crippen molar-refractivity contribution in [1.82, 2.24) is 4.98 Å². The van der Waals surface area contributed by atoms with Crippen LogP contribution in [0.5, 0.6) is 0 Å². The average molecular weight is 378 g/mol. The normalized spacial score (nSPS) is 11.0. The van der Waals surface area contributed by atoms with Gasteiger partial charge in [-0.3, -0.25) is 9.59 Å². The van der Waals surface area contributed by atoms with Crippen molar-refractivity contribution in [2.24, 2.45) is 5.92 Å². The highest BCUT2D eigenvalue weighted by molar-refractivity contribution is 7.99. The standard InChI is InChI=1S/C19H23NO3S2/c1-12(2)10-24-17-6-13(3)4-5-14(17)7-16(21)9-18-20-15(11-25-18)8-19(22)23/h4-6,11-12H,7-10H2,1-3H3,(H,22,23). The quantitative estimate of drug-likeness (QED) is 0.664. The second kappa shape index (κ2) is 9.15. The molecule has 0 atom stereocenters. The van der Waals surface area contributed by atoms with Crippen molar-refractivity contribution in [3.05, 3.63) is 45.4 Å². The third-order valence-electron chi connectivity index (χ3n) is 3.46. The fourth-order valence-corrected chi connectivity index (χ4v) is 4.24. The number of ketones is 1. The number of carboxylic acid groups (broad SMARTS) is 1. The maximum Gasteiger partial charge on any atom is 0.309 e. The first-order valence-corrected chi connectivity index (χ1v) is 10.1. The number of hydrogen-bond donors (Lipinski definition) is 1. The van der Waals surface area contributed by atoms with E-state index in [2.05, 4.69) is 31.8 Å². The summed E-state index contributed by atoms with van der Waals surface area (Å²) < 4.78 is 0. The number of carboxylic acids is 1. The molecule has 1 heterocycles. The van der Waals surface area contributed by atoms with Crippen LogP contribution in [0.15, 0.2) is 28.5 Å². The van der Waals surface area contributed by atoms with Crippen LogP contribution in [-0.2, 0) is 28.9 Å². The Balaban J connectivity index is 2.02. The van der Waals surface area contributed by atoms with Gasteiger partial charge in [0.2, 0.25) is 0 Å². The topological polar surface area (TPSA) is 67.3 Å². The number of hydrogen-bond acceptors (Lipinski definition) is 5. The molecule has 4 nitrogen and oxygen atoms in total. The smallest absolute Gasteiger partial charge is 0.309 e. The van der Waals surface area contributed by atoms with Crippen LogP contribution in [0.4, 0.5) is 0 Å². The minimum absolute atomic E-state index is 0.0986. The van der Waals surface area contributed by atoms with E-state index in [0.29, 0.717) is 23.0 Å². The Morgan fingerprint density at radius 3 is 2.68 bits per heavy atom. The molecule has 0 saturated heterocycles. The van der Waals surface area contributed by atoms with Crippen LogP contribution in [0.3, 0.4) is 0 Å². The van der Waals surface area contributed by atoms with Gasteiger partial charge in [0.15, 0.2) is 0 Å². The summed E-state index contributed by atoms with van der Waals surface area (Å²) in [4.78, 5) is 28.6. The number of aromatic nitrogens is 1. The monoisotopic (exact) mass is 377 g/mol. The number of aliphatic carboxylic acids is 1. The lowest BCUT2D eigenvalue weighted by Crippen LogP contribution is -2.08. The molecule has 0 radical (unpaired) electrons. The molecule has 0 saturated carbocycles. The highest BCUT2D eigenvalue weighted by Gasteiger charge is 2.13. The second-order valence-corrected chi connectivity index (χ2v) is 8.52. The number of thioether (sulfide) groups is 1. The van der Waals surface area contributed by atoms with Crippen molar-refractivity contribution in [2.45, 2.75) is 44.9 Å². The third-order valence-corrected chi connectivity index (χ3v) is 5.88. The maximum atomic E-state index is 12.4. The predicted octanol–water partition coefficient (Wildman–Crippen LogP) is 4.18. The average Bonchev–Trinajstić information content (AvgIpc) is 2.93. The number of thiazole rings is 1. The Morgan fingerprint density at radius 2 is 2.00 bits per heavy atom. The zero-order chi connectivity index (χ0) is 18.4. The van der Waals surface area contributed by atoms with Gasteiger partial charge in [-0.2, -0.15) is 0 Å². The molecule has 2 aromatic rings. The summed E-state index contributed by atoms with van der Waals surface area (Å²) in [5, 5.41) is 11.2. The van der Waals surface area contributed by atoms with Gasteiger partial charge in [-0.05, 0) is 24.5 Å². The zero-order valence-electron chi connectivity index (χ0n) is 14.7. The Hall–Kier alpha value is -1.66. The van der Waals surface area contributed by atoms with Crippen molar-refractivity contribution in [3.63, 3.8) is 0 Å². The fourth-order valence-electron chi connectivity index (χ4n) is 2.31. The van der Waals surface area contributed by atoms with Gasteiger partial charge in [-0.25, -0.2) is 4.98 Å². The second-order valence-electron chi connectivity index (χ2n) is 6.51. The predicted molar refractivity (Wildman–Crippen MR) is 103 cm³/mol. The number of rotatable bonds is 9. The van der Waals surface area contributed by atoms with Crippen LogP contribution in [0, 0.1) is 12.8 Å². The summed E-state index contributed by atoms with van der Waals surface area (Å²) >= 11 is 3.15. The molecule has 0 fully saturated rings. The highest BCUT2D eigenvalue weighted by atomic mass is 32.2. The SMILES string of the molecule is Cc1ccc(CC(=O)Cc2nc(CC(=O)O)cs2)c(SCC(C)C)c1. The van der Waals surface area contributed by atoms with E-state index in [0.717, 1.165) is 11.3 Å². The molecule has 1 aromatic carbocycles. The van der Waals surface area contributed by atoms with Crippen molar-refractivity contribution in [1.29, 1.82) is 0 Å². The highest BCUT2D eigenvalue weighted by Crippen LogP contribution is 2.27. The van der Waals surface area contributed by atoms with Gasteiger partial charge in [0.1, 0.15) is 10.8 Å². The number of carbonyl (C=O) groups excluding carboxylic acids is 1. The molecule has 25 heavy (non-hydrogen) atoms. The van der Waals surface area contributed by atoms with E-state index in [9.17, 15) is 9.59 Å². The molecule has 2 rings (SSSR count). The summed E-state index contributed by atoms with van der Waals surface area (Å²) in [7, 11) is 0. The van der Waals surface area contributed by atoms with E-state index >= 15 is 0 Å². The van der Waals surface area contributed by atoms with E-state index < -0.39 is 5.97 Å². The lowest BCUT2D eigenvalue weighted by molar-refractivity contribution is -0.136. The zero-order valence-corrected chi connectivity index (χ0v) is 16.4. The van der Waals surface area contributed by atoms with E-state index in [-0.39, 0.29) is 18.6 Å². The van der Waals surface area contributed by atoms with E-state index in [1.54, 1.807) is 17.1 Å². The third kappa shape index (κ3) is 6.63. The first-order chi connectivity index (χ1) is 11.8. The largest absolute Gasteiger partial charge is 0.481 e. The molecule has 0 bridgehead atoms. The van der Waals surface area contributed by atoms with Crippen LogP contribution in [-0.4, -0.2) is 27.6 Å². The number of carbonyl (C=O) groups is 2. The van der Waals surface area contributed by atoms with Crippen LogP contribution < -0.4 is 0 Å². The number of nitrogens with zero attached hydrogens (tertiary/aromatic N) is 1. The van der Waals surface area contributed by atoms with Crippen LogP contribution >= 0.6 is 23.1 Å². The molecule has 0 amide bonds. The fraction of sp³-hybridized carbons (Fsp3) is 0.421. The maximum absolute atomic E-state index is 12.4. The number of Topliss-reactive ketones (excluding diaryl/α,β-unsaturated/α-hetero) is 1. The van der Waals surface area contributed by atoms with Crippen molar-refractivity contribution in [2.75, 3.05) is 5.75 Å². The van der Waals surface area contributed by atoms with Gasteiger partial charge in [0.05, 0.1) is 18.5 Å². The lowest BCUT2D eigenvalue weighted by Gasteiger charge is -2.11. The molecule has 0 unspecified atom stereocenters. The Morgan fingerprint density at radius 1 is 1.24 bits per heavy atom. The first kappa shape index (κ1) is 19.7. The van der Waals surface area contributed by atoms with Crippen molar-refractivity contribution in [3.8, 4) is 0 Å². The molecule has 1 aromatic heterocycles. The Bertz CT molecular complexity index is 753. The van der Waals surface area contributed by atoms with Gasteiger partial charge in [0.25, 0.3) is 0 Å². The summed E-state index contributed by atoms with van der Waals surface area (Å²) in [6.45, 7) is 6.43. The first-order valence-electron chi connectivity index (χ1n) is 8.22. The summed E-state index contributed by atoms with van der Waals surface area (Å²) in [5.41, 5.74) is 2.77. The van der Waals surface area contributed by atoms with E-state index in [1.165, 1.54) is 21.8 Å². The van der Waals surface area contributed by atoms with Gasteiger partial charge in [-0.15, -0.1) is 23.1 Å². The Labute approximate surface area is 156 Å². The Kier molecular flexibility index (Phi) is 7.20. The van der Waals surface area contributed by atoms with Crippen molar-refractivity contribution >= 4 is 34.9 Å². The molecule has 0 spiro atoms. The van der Waals surface area contributed by atoms with Crippen LogP contribution in [0.25, 0.3) is 0 Å². The molecule has 6 heteroatoms. The number of benzene rings is 1. The minimum atomic E-state index is -0.908. The van der Waals surface area contributed by atoms with Gasteiger partial charge >= 0.3 is 5.97 Å². The molecular formula is C19H23NO3S2. The molecule has 1 N–H and O–H groups in total. The summed E-state index contributed by atoms with van der Waals surface area (Å²) in [6.07, 6.45) is 0.541. The van der Waals surface area contributed by atoms with Gasteiger partial charge in [-0.1, -0.05) is 31.5 Å². The molecule has 134 valence electrons. The van der Waals surface area contributed by atoms with Gasteiger partial charge in [0, 0.05) is 22.4 Å². The van der Waals surface area contributed by atoms with Crippen LogP contribution in [0.1, 0.15) is 35.7 Å².